The Bertz CT molecular complexity index is 181. The molecule has 5 nitrogen and oxygen atoms in total. The zero-order valence-electron chi connectivity index (χ0n) is 6.17. The van der Waals surface area contributed by atoms with E-state index in [1.165, 1.54) is 4.90 Å². The van der Waals surface area contributed by atoms with Gasteiger partial charge in [-0.25, -0.2) is 0 Å². The second-order valence-electron chi connectivity index (χ2n) is 2.46. The number of nitrogens with zero attached hydrogens (tertiary/aromatic N) is 1. The first-order valence-electron chi connectivity index (χ1n) is 3.47. The van der Waals surface area contributed by atoms with Crippen molar-refractivity contribution in [2.45, 2.75) is 0 Å². The van der Waals surface area contributed by atoms with Crippen molar-refractivity contribution in [1.29, 1.82) is 0 Å². The second kappa shape index (κ2) is 3.34. The van der Waals surface area contributed by atoms with Gasteiger partial charge < -0.3 is 16.0 Å². The molecule has 0 spiro atoms. The van der Waals surface area contributed by atoms with Crippen LogP contribution in [0.15, 0.2) is 0 Å². The van der Waals surface area contributed by atoms with E-state index in [1.807, 2.05) is 0 Å². The van der Waals surface area contributed by atoms with Gasteiger partial charge in [0.05, 0.1) is 13.1 Å². The van der Waals surface area contributed by atoms with Crippen molar-refractivity contribution >= 4 is 11.8 Å². The van der Waals surface area contributed by atoms with Crippen molar-refractivity contribution in [3.05, 3.63) is 0 Å². The number of nitrogens with two attached hydrogens (primary N) is 1. The summed E-state index contributed by atoms with van der Waals surface area (Å²) in [6, 6.07) is 0. The molecule has 0 bridgehead atoms. The molecule has 0 radical (unpaired) electrons. The smallest absolute Gasteiger partial charge is 0.237 e. The van der Waals surface area contributed by atoms with Crippen molar-refractivity contribution in [3.63, 3.8) is 0 Å². The lowest BCUT2D eigenvalue weighted by molar-refractivity contribution is -0.135. The quantitative estimate of drug-likeness (QED) is 0.482. The van der Waals surface area contributed by atoms with E-state index in [0.29, 0.717) is 13.1 Å². The van der Waals surface area contributed by atoms with Crippen molar-refractivity contribution in [2.75, 3.05) is 26.2 Å². The Kier molecular flexibility index (Phi) is 2.43. The normalized spacial score (nSPS) is 18.5. The summed E-state index contributed by atoms with van der Waals surface area (Å²) in [6.45, 7) is 1.66. The van der Waals surface area contributed by atoms with Crippen LogP contribution in [0.3, 0.4) is 0 Å². The van der Waals surface area contributed by atoms with Gasteiger partial charge >= 0.3 is 0 Å². The molecular weight excluding hydrogens is 146 g/mol. The molecule has 0 atom stereocenters. The van der Waals surface area contributed by atoms with Gasteiger partial charge in [-0.2, -0.15) is 0 Å². The summed E-state index contributed by atoms with van der Waals surface area (Å²) in [6.07, 6.45) is 0. The van der Waals surface area contributed by atoms with Gasteiger partial charge in [-0.15, -0.1) is 0 Å². The van der Waals surface area contributed by atoms with Crippen LogP contribution in [0.1, 0.15) is 0 Å². The van der Waals surface area contributed by atoms with E-state index in [2.05, 4.69) is 5.32 Å². The fraction of sp³-hybridized carbons (Fsp3) is 0.667. The molecule has 0 saturated carbocycles. The molecule has 5 heteroatoms. The van der Waals surface area contributed by atoms with Gasteiger partial charge in [0.15, 0.2) is 0 Å². The summed E-state index contributed by atoms with van der Waals surface area (Å²) in [5, 5.41) is 2.89. The first-order valence-corrected chi connectivity index (χ1v) is 3.47. The number of hydrogen-bond donors (Lipinski definition) is 2. The summed E-state index contributed by atoms with van der Waals surface area (Å²) in [7, 11) is 0. The fourth-order valence-corrected chi connectivity index (χ4v) is 1.00. The lowest BCUT2D eigenvalue weighted by atomic mass is 10.3. The SMILES string of the molecule is NC(=O)CN1CCNCC1=O. The molecule has 2 amide bonds. The topological polar surface area (TPSA) is 75.4 Å². The van der Waals surface area contributed by atoms with Gasteiger partial charge in [0.25, 0.3) is 0 Å². The molecule has 1 fully saturated rings. The molecule has 1 aliphatic heterocycles. The molecule has 1 saturated heterocycles. The number of nitrogens with one attached hydrogen (secondary N) is 1. The van der Waals surface area contributed by atoms with Crippen LogP contribution in [-0.2, 0) is 9.59 Å². The first kappa shape index (κ1) is 8.00. The van der Waals surface area contributed by atoms with E-state index in [1.54, 1.807) is 0 Å². The zero-order chi connectivity index (χ0) is 8.27. The Morgan fingerprint density at radius 2 is 2.45 bits per heavy atom. The number of amides is 2. The highest BCUT2D eigenvalue weighted by Gasteiger charge is 2.18. The highest BCUT2D eigenvalue weighted by atomic mass is 16.2. The predicted molar refractivity (Wildman–Crippen MR) is 38.6 cm³/mol. The maximum Gasteiger partial charge on any atom is 0.237 e. The van der Waals surface area contributed by atoms with E-state index < -0.39 is 5.91 Å². The van der Waals surface area contributed by atoms with Crippen LogP contribution in [0.4, 0.5) is 0 Å². The largest absolute Gasteiger partial charge is 0.368 e. The maximum atomic E-state index is 11.0. The summed E-state index contributed by atoms with van der Waals surface area (Å²) in [4.78, 5) is 22.9. The predicted octanol–water partition coefficient (Wildman–Crippen LogP) is -2.10. The summed E-state index contributed by atoms with van der Waals surface area (Å²) in [5.41, 5.74) is 4.93. The van der Waals surface area contributed by atoms with E-state index in [9.17, 15) is 9.59 Å². The van der Waals surface area contributed by atoms with E-state index in [4.69, 9.17) is 5.73 Å². The highest BCUT2D eigenvalue weighted by Crippen LogP contribution is 1.92. The number of carbonyl (C=O) groups is 2. The molecule has 0 unspecified atom stereocenters. The molecule has 0 aromatic heterocycles. The molecule has 11 heavy (non-hydrogen) atoms. The van der Waals surface area contributed by atoms with Crippen molar-refractivity contribution < 1.29 is 9.59 Å². The molecule has 0 aliphatic carbocycles. The Hall–Kier alpha value is -1.10. The van der Waals surface area contributed by atoms with Crippen molar-refractivity contribution in [1.82, 2.24) is 10.2 Å². The van der Waals surface area contributed by atoms with E-state index in [0.717, 1.165) is 6.54 Å². The minimum absolute atomic E-state index is 0.0422. The minimum atomic E-state index is -0.458. The molecule has 3 N–H and O–H groups in total. The summed E-state index contributed by atoms with van der Waals surface area (Å²) < 4.78 is 0. The van der Waals surface area contributed by atoms with Crippen LogP contribution in [0.25, 0.3) is 0 Å². The second-order valence-corrected chi connectivity index (χ2v) is 2.46. The number of primary amides is 1. The minimum Gasteiger partial charge on any atom is -0.368 e. The molecule has 62 valence electrons. The zero-order valence-corrected chi connectivity index (χ0v) is 6.17. The number of piperazine rings is 1. The Morgan fingerprint density at radius 3 is 3.00 bits per heavy atom. The van der Waals surface area contributed by atoms with Crippen LogP contribution in [-0.4, -0.2) is 42.9 Å². The van der Waals surface area contributed by atoms with Gasteiger partial charge in [-0.1, -0.05) is 0 Å². The summed E-state index contributed by atoms with van der Waals surface area (Å²) in [5.74, 6) is -0.518. The van der Waals surface area contributed by atoms with Gasteiger partial charge in [-0.05, 0) is 0 Å². The van der Waals surface area contributed by atoms with Gasteiger partial charge in [0.2, 0.25) is 11.8 Å². The third kappa shape index (κ3) is 2.19. The molecule has 0 aromatic rings. The van der Waals surface area contributed by atoms with Crippen LogP contribution < -0.4 is 11.1 Å². The lowest BCUT2D eigenvalue weighted by Gasteiger charge is -2.25. The average molecular weight is 157 g/mol. The van der Waals surface area contributed by atoms with E-state index in [-0.39, 0.29) is 12.5 Å². The molecule has 0 aromatic carbocycles. The fourth-order valence-electron chi connectivity index (χ4n) is 1.00. The van der Waals surface area contributed by atoms with Gasteiger partial charge in [0, 0.05) is 13.1 Å². The van der Waals surface area contributed by atoms with Crippen LogP contribution in [0.2, 0.25) is 0 Å². The molecule has 1 aliphatic rings. The Labute approximate surface area is 64.5 Å². The van der Waals surface area contributed by atoms with Crippen LogP contribution in [0.5, 0.6) is 0 Å². The van der Waals surface area contributed by atoms with Crippen molar-refractivity contribution in [3.8, 4) is 0 Å². The summed E-state index contributed by atoms with van der Waals surface area (Å²) >= 11 is 0. The highest BCUT2D eigenvalue weighted by molar-refractivity contribution is 5.85. The van der Waals surface area contributed by atoms with Gasteiger partial charge in [-0.3, -0.25) is 9.59 Å². The van der Waals surface area contributed by atoms with E-state index >= 15 is 0 Å². The third-order valence-electron chi connectivity index (χ3n) is 1.53. The van der Waals surface area contributed by atoms with Gasteiger partial charge in [0.1, 0.15) is 0 Å². The monoisotopic (exact) mass is 157 g/mol. The number of rotatable bonds is 2. The maximum absolute atomic E-state index is 11.0. The molecular formula is C6H11N3O2. The average Bonchev–Trinajstić information content (AvgIpc) is 1.93. The van der Waals surface area contributed by atoms with Crippen LogP contribution >= 0.6 is 0 Å². The van der Waals surface area contributed by atoms with Crippen LogP contribution in [0, 0.1) is 0 Å². The number of hydrogen-bond acceptors (Lipinski definition) is 3. The Morgan fingerprint density at radius 1 is 1.73 bits per heavy atom. The van der Waals surface area contributed by atoms with Crippen molar-refractivity contribution in [2.24, 2.45) is 5.73 Å². The standard InChI is InChI=1S/C6H11N3O2/c7-5(10)4-9-2-1-8-3-6(9)11/h8H,1-4H2,(H2,7,10). The lowest BCUT2D eigenvalue weighted by Crippen LogP contribution is -2.50. The number of carbonyl (C=O) groups excluding carboxylic acids is 2. The molecule has 1 rings (SSSR count). The third-order valence-corrected chi connectivity index (χ3v) is 1.53. The Balaban J connectivity index is 2.42. The molecule has 1 heterocycles. The first-order chi connectivity index (χ1) is 5.20.